The average molecular weight is 235 g/mol. The molecule has 0 aromatic carbocycles. The standard InChI is InChI=1S/C16H32B/c1-12(2)15(9)16(17-15,14(6,7)8)11-10-13(3,4)5/h12H,10-11H2,1-9H3. The predicted molar refractivity (Wildman–Crippen MR) is 79.8 cm³/mol. The van der Waals surface area contributed by atoms with Crippen molar-refractivity contribution in [2.45, 2.75) is 85.8 Å². The summed E-state index contributed by atoms with van der Waals surface area (Å²) < 4.78 is 0. The lowest BCUT2D eigenvalue weighted by Crippen LogP contribution is -2.23. The zero-order chi connectivity index (χ0) is 13.7. The Hall–Kier alpha value is 0.0649. The van der Waals surface area contributed by atoms with E-state index in [4.69, 9.17) is 0 Å². The normalized spacial score (nSPS) is 33.8. The molecule has 1 rings (SSSR count). The van der Waals surface area contributed by atoms with E-state index in [1.54, 1.807) is 0 Å². The summed E-state index contributed by atoms with van der Waals surface area (Å²) in [6.45, 7) is 21.5. The van der Waals surface area contributed by atoms with Crippen molar-refractivity contribution in [3.63, 3.8) is 0 Å². The zero-order valence-electron chi connectivity index (χ0n) is 13.6. The van der Waals surface area contributed by atoms with Crippen molar-refractivity contribution in [1.82, 2.24) is 0 Å². The average Bonchev–Trinajstić information content (AvgIpc) is 2.69. The highest BCUT2D eigenvalue weighted by Crippen LogP contribution is 2.81. The maximum Gasteiger partial charge on any atom is 0.126 e. The summed E-state index contributed by atoms with van der Waals surface area (Å²) in [4.78, 5) is 0. The van der Waals surface area contributed by atoms with Crippen LogP contribution in [0.1, 0.15) is 75.2 Å². The Bertz CT molecular complexity index is 279. The van der Waals surface area contributed by atoms with Crippen LogP contribution in [0, 0.1) is 16.7 Å². The Kier molecular flexibility index (Phi) is 3.59. The molecule has 0 saturated carbocycles. The van der Waals surface area contributed by atoms with Gasteiger partial charge in [0.05, 0.1) is 0 Å². The molecule has 0 aromatic rings. The summed E-state index contributed by atoms with van der Waals surface area (Å²) in [5, 5.41) is 0.887. The summed E-state index contributed by atoms with van der Waals surface area (Å²) in [5.41, 5.74) is 0.837. The van der Waals surface area contributed by atoms with Gasteiger partial charge in [-0.15, -0.1) is 0 Å². The number of rotatable bonds is 3. The van der Waals surface area contributed by atoms with E-state index in [0.717, 1.165) is 5.92 Å². The van der Waals surface area contributed by atoms with Gasteiger partial charge < -0.3 is 0 Å². The van der Waals surface area contributed by atoms with Gasteiger partial charge in [-0.25, -0.2) is 0 Å². The fourth-order valence-electron chi connectivity index (χ4n) is 3.47. The second kappa shape index (κ2) is 4.03. The Morgan fingerprint density at radius 1 is 1.00 bits per heavy atom. The molecular formula is C16H32B. The first-order valence-electron chi connectivity index (χ1n) is 7.23. The van der Waals surface area contributed by atoms with Crippen LogP contribution in [0.2, 0.25) is 10.6 Å². The van der Waals surface area contributed by atoms with Crippen molar-refractivity contribution in [3.05, 3.63) is 0 Å². The van der Waals surface area contributed by atoms with E-state index in [9.17, 15) is 0 Å². The minimum atomic E-state index is 0.386. The van der Waals surface area contributed by atoms with E-state index in [-0.39, 0.29) is 0 Å². The summed E-state index contributed by atoms with van der Waals surface area (Å²) in [6, 6.07) is 0. The van der Waals surface area contributed by atoms with Gasteiger partial charge in [-0.05, 0) is 23.2 Å². The van der Waals surface area contributed by atoms with Gasteiger partial charge in [0.1, 0.15) is 7.28 Å². The van der Waals surface area contributed by atoms with Crippen molar-refractivity contribution in [2.24, 2.45) is 16.7 Å². The summed E-state index contributed by atoms with van der Waals surface area (Å²) in [7, 11) is 2.65. The van der Waals surface area contributed by atoms with Gasteiger partial charge in [-0.3, -0.25) is 0 Å². The molecule has 1 radical (unpaired) electrons. The monoisotopic (exact) mass is 235 g/mol. The third-order valence-corrected chi connectivity index (χ3v) is 5.23. The van der Waals surface area contributed by atoms with E-state index in [1.807, 2.05) is 0 Å². The molecule has 1 fully saturated rings. The molecule has 0 aromatic heterocycles. The predicted octanol–water partition coefficient (Wildman–Crippen LogP) is 5.57. The first-order chi connectivity index (χ1) is 7.36. The lowest BCUT2D eigenvalue weighted by molar-refractivity contribution is 0.198. The summed E-state index contributed by atoms with van der Waals surface area (Å²) in [6.07, 6.45) is 2.66. The zero-order valence-corrected chi connectivity index (χ0v) is 13.6. The quantitative estimate of drug-likeness (QED) is 0.561. The SMILES string of the molecule is CC(C)C1(C)[B]C1(CCC(C)(C)C)C(C)(C)C. The van der Waals surface area contributed by atoms with E-state index in [0.29, 0.717) is 21.5 Å². The Morgan fingerprint density at radius 2 is 1.47 bits per heavy atom. The summed E-state index contributed by atoms with van der Waals surface area (Å²) >= 11 is 0. The van der Waals surface area contributed by atoms with Crippen LogP contribution >= 0.6 is 0 Å². The van der Waals surface area contributed by atoms with Gasteiger partial charge in [0.15, 0.2) is 0 Å². The molecule has 1 saturated heterocycles. The molecule has 17 heavy (non-hydrogen) atoms. The molecule has 0 amide bonds. The highest BCUT2D eigenvalue weighted by molar-refractivity contribution is 6.60. The lowest BCUT2D eigenvalue weighted by atomic mass is 9.63. The van der Waals surface area contributed by atoms with Crippen LogP contribution in [-0.4, -0.2) is 7.28 Å². The van der Waals surface area contributed by atoms with Crippen LogP contribution in [0.15, 0.2) is 0 Å². The van der Waals surface area contributed by atoms with Crippen molar-refractivity contribution in [1.29, 1.82) is 0 Å². The van der Waals surface area contributed by atoms with Crippen molar-refractivity contribution in [3.8, 4) is 0 Å². The van der Waals surface area contributed by atoms with Gasteiger partial charge in [0.25, 0.3) is 0 Å². The Balaban J connectivity index is 2.87. The minimum Gasteiger partial charge on any atom is -0.0668 e. The fraction of sp³-hybridized carbons (Fsp3) is 1.00. The molecule has 0 spiro atoms. The smallest absolute Gasteiger partial charge is 0.0668 e. The molecule has 1 heterocycles. The van der Waals surface area contributed by atoms with E-state index < -0.39 is 0 Å². The summed E-state index contributed by atoms with van der Waals surface area (Å²) in [5.74, 6) is 0.752. The van der Waals surface area contributed by atoms with Crippen LogP contribution in [-0.2, 0) is 0 Å². The molecule has 0 bridgehead atoms. The topological polar surface area (TPSA) is 0 Å². The Labute approximate surface area is 110 Å². The largest absolute Gasteiger partial charge is 0.126 e. The van der Waals surface area contributed by atoms with Crippen molar-refractivity contribution < 1.29 is 0 Å². The minimum absolute atomic E-state index is 0.386. The lowest BCUT2D eigenvalue weighted by Gasteiger charge is -2.40. The first kappa shape index (κ1) is 15.1. The number of hydrogen-bond donors (Lipinski definition) is 0. The third-order valence-electron chi connectivity index (χ3n) is 5.23. The molecule has 99 valence electrons. The Morgan fingerprint density at radius 3 is 1.71 bits per heavy atom. The maximum absolute atomic E-state index is 2.65. The molecule has 1 aliphatic heterocycles. The van der Waals surface area contributed by atoms with Crippen molar-refractivity contribution >= 4 is 7.28 Å². The molecule has 0 N–H and O–H groups in total. The molecule has 1 heteroatoms. The van der Waals surface area contributed by atoms with Crippen LogP contribution in [0.4, 0.5) is 0 Å². The van der Waals surface area contributed by atoms with E-state index >= 15 is 0 Å². The van der Waals surface area contributed by atoms with E-state index in [1.165, 1.54) is 12.8 Å². The molecule has 0 nitrogen and oxygen atoms in total. The highest BCUT2D eigenvalue weighted by atomic mass is 14.6. The van der Waals surface area contributed by atoms with Crippen LogP contribution in [0.3, 0.4) is 0 Å². The molecule has 2 atom stereocenters. The van der Waals surface area contributed by atoms with Gasteiger partial charge in [-0.2, -0.15) is 0 Å². The second-order valence-corrected chi connectivity index (χ2v) is 8.86. The van der Waals surface area contributed by atoms with Gasteiger partial charge in [0.2, 0.25) is 0 Å². The van der Waals surface area contributed by atoms with Crippen LogP contribution < -0.4 is 0 Å². The van der Waals surface area contributed by atoms with Gasteiger partial charge in [0, 0.05) is 0 Å². The fourth-order valence-corrected chi connectivity index (χ4v) is 3.47. The van der Waals surface area contributed by atoms with Gasteiger partial charge >= 0.3 is 0 Å². The first-order valence-corrected chi connectivity index (χ1v) is 7.23. The van der Waals surface area contributed by atoms with E-state index in [2.05, 4.69) is 69.6 Å². The highest BCUT2D eigenvalue weighted by Gasteiger charge is 2.69. The molecule has 0 aliphatic carbocycles. The molecular weight excluding hydrogens is 203 g/mol. The van der Waals surface area contributed by atoms with Crippen molar-refractivity contribution in [2.75, 3.05) is 0 Å². The molecule has 1 aliphatic rings. The van der Waals surface area contributed by atoms with Gasteiger partial charge in [-0.1, -0.05) is 79.4 Å². The number of hydrogen-bond acceptors (Lipinski definition) is 0. The van der Waals surface area contributed by atoms with Crippen LogP contribution in [0.25, 0.3) is 0 Å². The third kappa shape index (κ3) is 2.58. The van der Waals surface area contributed by atoms with Crippen LogP contribution in [0.5, 0.6) is 0 Å². The molecule has 2 unspecified atom stereocenters. The second-order valence-electron chi connectivity index (χ2n) is 8.86. The maximum atomic E-state index is 2.65.